The minimum absolute atomic E-state index is 0.0495. The van der Waals surface area contributed by atoms with Gasteiger partial charge >= 0.3 is 0 Å². The van der Waals surface area contributed by atoms with Gasteiger partial charge in [-0.1, -0.05) is 33.8 Å². The average Bonchev–Trinajstić information content (AvgIpc) is 2.79. The van der Waals surface area contributed by atoms with E-state index in [0.29, 0.717) is 0 Å². The molecule has 2 N–H and O–H groups in total. The first-order valence-corrected chi connectivity index (χ1v) is 9.75. The highest BCUT2D eigenvalue weighted by Crippen LogP contribution is 2.68. The van der Waals surface area contributed by atoms with Crippen molar-refractivity contribution in [1.29, 1.82) is 0 Å². The molecule has 0 aliphatic heterocycles. The Morgan fingerprint density at radius 2 is 1.95 bits per heavy atom. The van der Waals surface area contributed by atoms with Crippen molar-refractivity contribution < 1.29 is 18.3 Å². The van der Waals surface area contributed by atoms with Crippen LogP contribution in [0.5, 0.6) is 0 Å². The number of carbonyl (C=O) groups is 1. The van der Waals surface area contributed by atoms with Crippen LogP contribution in [0.1, 0.15) is 27.7 Å². The van der Waals surface area contributed by atoms with Crippen molar-refractivity contribution in [3.63, 3.8) is 0 Å². The molecule has 1 aliphatic rings. The lowest BCUT2D eigenvalue weighted by molar-refractivity contribution is -0.123. The lowest BCUT2D eigenvalue weighted by Crippen LogP contribution is -2.37. The van der Waals surface area contributed by atoms with E-state index in [2.05, 4.69) is 5.32 Å². The van der Waals surface area contributed by atoms with Gasteiger partial charge in [-0.05, 0) is 22.3 Å². The first-order valence-electron chi connectivity index (χ1n) is 7.22. The summed E-state index contributed by atoms with van der Waals surface area (Å²) in [7, 11) is -3.50. The lowest BCUT2D eigenvalue weighted by Gasteiger charge is -2.12. The molecule has 1 amide bonds. The normalized spacial score (nSPS) is 21.3. The molecule has 124 valence electrons. The van der Waals surface area contributed by atoms with Crippen molar-refractivity contribution in [3.05, 3.63) is 17.5 Å². The molecule has 1 atom stereocenters. The van der Waals surface area contributed by atoms with Crippen LogP contribution in [0.3, 0.4) is 0 Å². The molecular formula is C15H23NO4S2. The van der Waals surface area contributed by atoms with Gasteiger partial charge < -0.3 is 10.4 Å². The largest absolute Gasteiger partial charge is 0.390 e. The van der Waals surface area contributed by atoms with Gasteiger partial charge in [0, 0.05) is 12.5 Å². The van der Waals surface area contributed by atoms with Crippen molar-refractivity contribution in [2.75, 3.05) is 12.3 Å². The second-order valence-electron chi connectivity index (χ2n) is 6.99. The summed E-state index contributed by atoms with van der Waals surface area (Å²) in [5.41, 5.74) is -0.157. The number of aliphatic hydroxyl groups is 1. The van der Waals surface area contributed by atoms with Crippen LogP contribution < -0.4 is 5.32 Å². The van der Waals surface area contributed by atoms with Gasteiger partial charge in [0.15, 0.2) is 9.84 Å². The van der Waals surface area contributed by atoms with Gasteiger partial charge in [-0.3, -0.25) is 4.79 Å². The fourth-order valence-corrected chi connectivity index (χ4v) is 5.49. The van der Waals surface area contributed by atoms with Crippen LogP contribution in [-0.2, 0) is 14.6 Å². The summed E-state index contributed by atoms with van der Waals surface area (Å²) in [6.07, 6.45) is -1.11. The third-order valence-electron chi connectivity index (χ3n) is 5.01. The number of carbonyl (C=O) groups excluding carboxylic acids is 1. The van der Waals surface area contributed by atoms with Crippen LogP contribution in [0.4, 0.5) is 0 Å². The van der Waals surface area contributed by atoms with Gasteiger partial charge in [0.2, 0.25) is 5.91 Å². The van der Waals surface area contributed by atoms with E-state index >= 15 is 0 Å². The molecule has 2 rings (SSSR count). The van der Waals surface area contributed by atoms with Crippen molar-refractivity contribution in [3.8, 4) is 0 Å². The quantitative estimate of drug-likeness (QED) is 0.822. The third kappa shape index (κ3) is 3.07. The lowest BCUT2D eigenvalue weighted by atomic mass is 10.0. The van der Waals surface area contributed by atoms with Crippen LogP contribution in [0.25, 0.3) is 0 Å². The van der Waals surface area contributed by atoms with Crippen molar-refractivity contribution in [1.82, 2.24) is 5.32 Å². The Hall–Kier alpha value is -0.920. The maximum absolute atomic E-state index is 12.2. The molecule has 0 radical (unpaired) electrons. The fraction of sp³-hybridized carbons (Fsp3) is 0.667. The van der Waals surface area contributed by atoms with Gasteiger partial charge in [0.25, 0.3) is 0 Å². The molecule has 0 bridgehead atoms. The predicted molar refractivity (Wildman–Crippen MR) is 86.4 cm³/mol. The minimum Gasteiger partial charge on any atom is -0.390 e. The van der Waals surface area contributed by atoms with E-state index in [-0.39, 0.29) is 39.2 Å². The zero-order valence-corrected chi connectivity index (χ0v) is 14.9. The molecule has 22 heavy (non-hydrogen) atoms. The van der Waals surface area contributed by atoms with Crippen LogP contribution in [0.15, 0.2) is 21.7 Å². The molecule has 5 nitrogen and oxygen atoms in total. The van der Waals surface area contributed by atoms with Gasteiger partial charge in [0.1, 0.15) is 4.21 Å². The van der Waals surface area contributed by atoms with Gasteiger partial charge in [-0.2, -0.15) is 0 Å². The number of thiophene rings is 1. The average molecular weight is 345 g/mol. The highest BCUT2D eigenvalue weighted by molar-refractivity contribution is 7.93. The molecule has 1 aromatic rings. The number of aliphatic hydroxyl groups excluding tert-OH is 1. The number of nitrogens with one attached hydrogen (secondary N) is 1. The monoisotopic (exact) mass is 345 g/mol. The zero-order valence-electron chi connectivity index (χ0n) is 13.3. The van der Waals surface area contributed by atoms with Gasteiger partial charge in [-0.25, -0.2) is 8.42 Å². The molecular weight excluding hydrogens is 322 g/mol. The second-order valence-corrected chi connectivity index (χ2v) is 10.2. The molecule has 1 heterocycles. The molecule has 0 saturated heterocycles. The second kappa shape index (κ2) is 5.62. The number of hydrogen-bond acceptors (Lipinski definition) is 5. The smallest absolute Gasteiger partial charge is 0.224 e. The highest BCUT2D eigenvalue weighted by atomic mass is 32.2. The molecule has 0 aromatic carbocycles. The van der Waals surface area contributed by atoms with Crippen LogP contribution in [-0.4, -0.2) is 37.8 Å². The maximum atomic E-state index is 12.2. The Morgan fingerprint density at radius 1 is 1.36 bits per heavy atom. The Bertz CT molecular complexity index is 633. The first-order chi connectivity index (χ1) is 10.00. The number of sulfone groups is 1. The van der Waals surface area contributed by atoms with E-state index in [9.17, 15) is 18.3 Å². The highest BCUT2D eigenvalue weighted by Gasteiger charge is 2.68. The van der Waals surface area contributed by atoms with Gasteiger partial charge in [-0.15, -0.1) is 11.3 Å². The van der Waals surface area contributed by atoms with Crippen molar-refractivity contribution in [2.24, 2.45) is 16.7 Å². The minimum atomic E-state index is -3.50. The summed E-state index contributed by atoms with van der Waals surface area (Å²) in [5.74, 6) is -0.616. The Balaban J connectivity index is 1.87. The standard InChI is InChI=1S/C15H23NO4S2/c1-14(2)12(15(14,3)4)13(18)16-8-10(17)9-22(19,20)11-6-5-7-21-11/h5-7,10,12,17H,8-9H2,1-4H3,(H,16,18)/t10-/m1/s1. The van der Waals surface area contributed by atoms with Crippen LogP contribution >= 0.6 is 11.3 Å². The Labute approximate surface area is 135 Å². The molecule has 0 unspecified atom stereocenters. The molecule has 0 spiro atoms. The SMILES string of the molecule is CC1(C)C(C(=O)NC[C@@H](O)CS(=O)(=O)c2cccs2)C1(C)C. The fourth-order valence-electron chi connectivity index (χ4n) is 3.01. The predicted octanol–water partition coefficient (Wildman–Crippen LogP) is 1.68. The zero-order chi connectivity index (χ0) is 16.8. The summed E-state index contributed by atoms with van der Waals surface area (Å²) >= 11 is 1.12. The number of rotatable bonds is 6. The van der Waals surface area contributed by atoms with E-state index in [1.54, 1.807) is 11.4 Å². The van der Waals surface area contributed by atoms with Gasteiger partial charge in [0.05, 0.1) is 11.9 Å². The summed E-state index contributed by atoms with van der Waals surface area (Å²) in [5, 5.41) is 14.3. The summed E-state index contributed by atoms with van der Waals surface area (Å²) in [4.78, 5) is 12.2. The Kier molecular flexibility index (Phi) is 4.45. The van der Waals surface area contributed by atoms with Crippen molar-refractivity contribution >= 4 is 27.1 Å². The Morgan fingerprint density at radius 3 is 2.41 bits per heavy atom. The van der Waals surface area contributed by atoms with Crippen LogP contribution in [0.2, 0.25) is 0 Å². The molecule has 1 aromatic heterocycles. The molecule has 1 saturated carbocycles. The maximum Gasteiger partial charge on any atom is 0.224 e. The van der Waals surface area contributed by atoms with Crippen LogP contribution in [0, 0.1) is 16.7 Å². The van der Waals surface area contributed by atoms with E-state index in [1.807, 2.05) is 27.7 Å². The summed E-state index contributed by atoms with van der Waals surface area (Å²) in [6.45, 7) is 8.10. The van der Waals surface area contributed by atoms with E-state index in [0.717, 1.165) is 11.3 Å². The summed E-state index contributed by atoms with van der Waals surface area (Å²) < 4.78 is 24.3. The van der Waals surface area contributed by atoms with E-state index in [1.165, 1.54) is 6.07 Å². The number of hydrogen-bond donors (Lipinski definition) is 2. The molecule has 7 heteroatoms. The number of amides is 1. The topological polar surface area (TPSA) is 83.5 Å². The van der Waals surface area contributed by atoms with Crippen molar-refractivity contribution in [2.45, 2.75) is 38.0 Å². The summed E-state index contributed by atoms with van der Waals surface area (Å²) in [6, 6.07) is 3.17. The van der Waals surface area contributed by atoms with E-state index in [4.69, 9.17) is 0 Å². The molecule has 1 aliphatic carbocycles. The first kappa shape index (κ1) is 17.4. The third-order valence-corrected chi connectivity index (χ3v) is 8.29. The molecule has 1 fully saturated rings. The van der Waals surface area contributed by atoms with E-state index < -0.39 is 15.9 Å².